The largest absolute Gasteiger partial charge is 1.00 e. The first-order valence-electron chi connectivity index (χ1n) is 6.20. The molecule has 0 saturated carbocycles. The Labute approximate surface area is 151 Å². The van der Waals surface area contributed by atoms with Crippen LogP contribution < -0.4 is 29.6 Å². The Balaban J connectivity index is 0.00000242. The fraction of sp³-hybridized carbons (Fsp3) is 0.143. The fourth-order valence-corrected chi connectivity index (χ4v) is 2.13. The van der Waals surface area contributed by atoms with E-state index in [9.17, 15) is 18.1 Å². The molecule has 0 amide bonds. The third kappa shape index (κ3) is 4.89. The van der Waals surface area contributed by atoms with Crippen LogP contribution in [0.15, 0.2) is 57.6 Å². The molecule has 0 aliphatic rings. The van der Waals surface area contributed by atoms with E-state index in [-0.39, 0.29) is 40.2 Å². The Morgan fingerprint density at radius 3 is 2.23 bits per heavy atom. The third-order valence-corrected chi connectivity index (χ3v) is 3.70. The second-order valence-electron chi connectivity index (χ2n) is 4.32. The minimum absolute atomic E-state index is 0. The SMILES string of the molecule is CCc1ccc(N=Nc2ccc(S(=O)(=O)[O-])cc2)c(O)c1.[Na+]. The van der Waals surface area contributed by atoms with Crippen molar-refractivity contribution in [2.24, 2.45) is 10.2 Å². The van der Waals surface area contributed by atoms with Gasteiger partial charge in [-0.25, -0.2) is 8.42 Å². The summed E-state index contributed by atoms with van der Waals surface area (Å²) in [5.74, 6) is 0.0249. The first kappa shape index (κ1) is 18.8. The summed E-state index contributed by atoms with van der Waals surface area (Å²) >= 11 is 0. The van der Waals surface area contributed by atoms with Crippen LogP contribution in [0.25, 0.3) is 0 Å². The molecule has 6 nitrogen and oxygen atoms in total. The van der Waals surface area contributed by atoms with Gasteiger partial charge in [-0.3, -0.25) is 0 Å². The van der Waals surface area contributed by atoms with E-state index in [2.05, 4.69) is 10.2 Å². The molecule has 0 heterocycles. The Kier molecular flexibility index (Phi) is 6.70. The molecule has 8 heteroatoms. The van der Waals surface area contributed by atoms with Crippen molar-refractivity contribution in [3.8, 4) is 5.75 Å². The fourth-order valence-electron chi connectivity index (χ4n) is 1.66. The molecule has 2 rings (SSSR count). The summed E-state index contributed by atoms with van der Waals surface area (Å²) in [6.07, 6.45) is 0.802. The van der Waals surface area contributed by atoms with Gasteiger partial charge in [0.15, 0.2) is 0 Å². The average Bonchev–Trinajstić information content (AvgIpc) is 2.45. The molecule has 2 aromatic rings. The number of aromatic hydroxyl groups is 1. The molecule has 0 bridgehead atoms. The number of aryl methyl sites for hydroxylation is 1. The van der Waals surface area contributed by atoms with Crippen LogP contribution in [0.2, 0.25) is 0 Å². The Hall–Kier alpha value is -1.25. The van der Waals surface area contributed by atoms with Crippen LogP contribution in [0.4, 0.5) is 11.4 Å². The van der Waals surface area contributed by atoms with Crippen molar-refractivity contribution >= 4 is 21.5 Å². The molecule has 0 fully saturated rings. The molecule has 2 aromatic carbocycles. The molecule has 110 valence electrons. The minimum Gasteiger partial charge on any atom is -0.744 e. The number of hydrogen-bond acceptors (Lipinski definition) is 6. The van der Waals surface area contributed by atoms with Gasteiger partial charge in [-0.05, 0) is 48.4 Å². The maximum atomic E-state index is 10.8. The molecule has 0 saturated heterocycles. The second kappa shape index (κ2) is 7.85. The zero-order chi connectivity index (χ0) is 15.5. The summed E-state index contributed by atoms with van der Waals surface area (Å²) in [6.45, 7) is 1.97. The number of phenols is 1. The van der Waals surface area contributed by atoms with Crippen molar-refractivity contribution < 1.29 is 47.6 Å². The summed E-state index contributed by atoms with van der Waals surface area (Å²) < 4.78 is 32.4. The van der Waals surface area contributed by atoms with Crippen molar-refractivity contribution in [2.75, 3.05) is 0 Å². The predicted octanol–water partition coefficient (Wildman–Crippen LogP) is 0.278. The summed E-state index contributed by atoms with van der Waals surface area (Å²) in [6, 6.07) is 10.2. The number of benzene rings is 2. The third-order valence-electron chi connectivity index (χ3n) is 2.85. The Morgan fingerprint density at radius 1 is 1.09 bits per heavy atom. The van der Waals surface area contributed by atoms with Gasteiger partial charge < -0.3 is 9.66 Å². The summed E-state index contributed by atoms with van der Waals surface area (Å²) in [5.41, 5.74) is 1.67. The van der Waals surface area contributed by atoms with Gasteiger partial charge in [0.25, 0.3) is 0 Å². The molecular formula is C14H13N2NaO4S. The monoisotopic (exact) mass is 328 g/mol. The van der Waals surface area contributed by atoms with Gasteiger partial charge in [0.2, 0.25) is 0 Å². The van der Waals surface area contributed by atoms with E-state index in [1.165, 1.54) is 12.1 Å². The first-order chi connectivity index (χ1) is 9.90. The number of nitrogens with zero attached hydrogens (tertiary/aromatic N) is 2. The smallest absolute Gasteiger partial charge is 0.744 e. The quantitative estimate of drug-likeness (QED) is 0.494. The van der Waals surface area contributed by atoms with Crippen molar-refractivity contribution in [1.29, 1.82) is 0 Å². The van der Waals surface area contributed by atoms with Gasteiger partial charge in [-0.15, -0.1) is 5.11 Å². The molecule has 22 heavy (non-hydrogen) atoms. The normalized spacial score (nSPS) is 11.4. The van der Waals surface area contributed by atoms with Gasteiger partial charge in [0.1, 0.15) is 21.6 Å². The topological polar surface area (TPSA) is 102 Å². The van der Waals surface area contributed by atoms with Gasteiger partial charge in [-0.1, -0.05) is 13.0 Å². The summed E-state index contributed by atoms with van der Waals surface area (Å²) in [7, 11) is -4.46. The van der Waals surface area contributed by atoms with Crippen LogP contribution in [-0.2, 0) is 16.5 Å². The van der Waals surface area contributed by atoms with Crippen LogP contribution in [0.1, 0.15) is 12.5 Å². The van der Waals surface area contributed by atoms with Crippen molar-refractivity contribution in [2.45, 2.75) is 18.2 Å². The van der Waals surface area contributed by atoms with E-state index in [4.69, 9.17) is 0 Å². The molecule has 1 N–H and O–H groups in total. The van der Waals surface area contributed by atoms with Crippen LogP contribution in [0, 0.1) is 0 Å². The second-order valence-corrected chi connectivity index (χ2v) is 5.70. The van der Waals surface area contributed by atoms with Crippen molar-refractivity contribution in [3.63, 3.8) is 0 Å². The summed E-state index contributed by atoms with van der Waals surface area (Å²) in [4.78, 5) is -0.323. The number of azo groups is 1. The van der Waals surface area contributed by atoms with Crippen LogP contribution in [0.3, 0.4) is 0 Å². The molecule has 0 spiro atoms. The molecule has 0 aliphatic heterocycles. The van der Waals surface area contributed by atoms with Crippen LogP contribution >= 0.6 is 0 Å². The first-order valence-corrected chi connectivity index (χ1v) is 7.60. The van der Waals surface area contributed by atoms with E-state index in [0.29, 0.717) is 11.4 Å². The van der Waals surface area contributed by atoms with Gasteiger partial charge in [-0.2, -0.15) is 5.11 Å². The van der Waals surface area contributed by atoms with Gasteiger partial charge in [0.05, 0.1) is 10.6 Å². The van der Waals surface area contributed by atoms with Gasteiger partial charge in [0, 0.05) is 0 Å². The van der Waals surface area contributed by atoms with E-state index >= 15 is 0 Å². The number of rotatable bonds is 4. The van der Waals surface area contributed by atoms with Crippen molar-refractivity contribution in [3.05, 3.63) is 48.0 Å². The maximum Gasteiger partial charge on any atom is 1.00 e. The van der Waals surface area contributed by atoms with E-state index < -0.39 is 10.1 Å². The Bertz CT molecular complexity index is 774. The van der Waals surface area contributed by atoms with E-state index in [1.54, 1.807) is 12.1 Å². The van der Waals surface area contributed by atoms with Crippen LogP contribution in [-0.4, -0.2) is 18.1 Å². The zero-order valence-corrected chi connectivity index (χ0v) is 15.0. The molecule has 0 atom stereocenters. The van der Waals surface area contributed by atoms with Crippen LogP contribution in [0.5, 0.6) is 5.75 Å². The molecule has 0 unspecified atom stereocenters. The van der Waals surface area contributed by atoms with Crippen molar-refractivity contribution in [1.82, 2.24) is 0 Å². The molecular weight excluding hydrogens is 315 g/mol. The minimum atomic E-state index is -4.46. The standard InChI is InChI=1S/C14H14N2O4S.Na/c1-2-10-3-8-13(14(17)9-10)16-15-11-4-6-12(7-5-11)21(18,19)20;/h3-9,17H,2H2,1H3,(H,18,19,20);/q;+1/p-1. The number of phenolic OH excluding ortho intramolecular Hbond substituents is 1. The molecule has 0 aromatic heterocycles. The molecule has 0 radical (unpaired) electrons. The summed E-state index contributed by atoms with van der Waals surface area (Å²) in [5, 5.41) is 17.6. The molecule has 0 aliphatic carbocycles. The average molecular weight is 328 g/mol. The van der Waals surface area contributed by atoms with Gasteiger partial charge >= 0.3 is 29.6 Å². The zero-order valence-electron chi connectivity index (χ0n) is 12.2. The van der Waals surface area contributed by atoms with E-state index in [0.717, 1.165) is 24.1 Å². The number of hydrogen-bond donors (Lipinski definition) is 1. The maximum absolute atomic E-state index is 10.8. The predicted molar refractivity (Wildman–Crippen MR) is 76.1 cm³/mol. The van der Waals surface area contributed by atoms with E-state index in [1.807, 2.05) is 13.0 Å². The Morgan fingerprint density at radius 2 is 1.73 bits per heavy atom.